The topological polar surface area (TPSA) is 50.2 Å². The van der Waals surface area contributed by atoms with E-state index < -0.39 is 11.6 Å². The second-order valence-electron chi connectivity index (χ2n) is 7.28. The van der Waals surface area contributed by atoms with E-state index >= 15 is 0 Å². The molecule has 1 aliphatic carbocycles. The van der Waals surface area contributed by atoms with Crippen LogP contribution in [0.15, 0.2) is 18.2 Å². The smallest absolute Gasteiger partial charge is 0.274 e. The van der Waals surface area contributed by atoms with E-state index in [0.29, 0.717) is 17.9 Å². The zero-order valence-electron chi connectivity index (χ0n) is 15.5. The van der Waals surface area contributed by atoms with E-state index in [1.807, 2.05) is 4.90 Å². The molecular formula is C20H24F2N4O. The first kappa shape index (κ1) is 18.1. The maximum Gasteiger partial charge on any atom is 0.274 e. The zero-order valence-corrected chi connectivity index (χ0v) is 15.5. The van der Waals surface area contributed by atoms with Gasteiger partial charge in [-0.15, -0.1) is 0 Å². The van der Waals surface area contributed by atoms with Crippen LogP contribution >= 0.6 is 0 Å². The minimum absolute atomic E-state index is 0.0509. The molecular weight excluding hydrogens is 350 g/mol. The Morgan fingerprint density at radius 2 is 2.19 bits per heavy atom. The molecule has 1 aromatic carbocycles. The second kappa shape index (κ2) is 7.38. The number of fused-ring (bicyclic) bond motifs is 1. The average Bonchev–Trinajstić information content (AvgIpc) is 3.39. The highest BCUT2D eigenvalue weighted by atomic mass is 19.2. The molecule has 1 saturated heterocycles. The summed E-state index contributed by atoms with van der Waals surface area (Å²) in [5.74, 6) is -1.85. The highest BCUT2D eigenvalue weighted by Gasteiger charge is 2.33. The van der Waals surface area contributed by atoms with Crippen LogP contribution in [-0.4, -0.2) is 46.3 Å². The largest absolute Gasteiger partial charge is 0.333 e. The van der Waals surface area contributed by atoms with Gasteiger partial charge in [-0.25, -0.2) is 13.5 Å². The Bertz CT molecular complexity index is 858. The normalized spacial score (nSPS) is 18.7. The average molecular weight is 374 g/mol. The minimum atomic E-state index is -0.910. The molecule has 144 valence electrons. The molecule has 0 bridgehead atoms. The zero-order chi connectivity index (χ0) is 19.0. The number of nitrogens with zero attached hydrogens (tertiary/aromatic N) is 3. The highest BCUT2D eigenvalue weighted by Crippen LogP contribution is 2.29. The van der Waals surface area contributed by atoms with E-state index in [2.05, 4.69) is 17.3 Å². The Morgan fingerprint density at radius 1 is 1.33 bits per heavy atom. The fourth-order valence-corrected chi connectivity index (χ4v) is 4.17. The van der Waals surface area contributed by atoms with E-state index in [0.717, 1.165) is 68.6 Å². The van der Waals surface area contributed by atoms with Crippen molar-refractivity contribution in [2.75, 3.05) is 19.6 Å². The molecule has 1 aromatic heterocycles. The molecule has 1 aliphatic heterocycles. The first-order valence-electron chi connectivity index (χ1n) is 9.68. The summed E-state index contributed by atoms with van der Waals surface area (Å²) in [4.78, 5) is 15.3. The van der Waals surface area contributed by atoms with Gasteiger partial charge in [0.05, 0.1) is 5.69 Å². The van der Waals surface area contributed by atoms with Crippen molar-refractivity contribution < 1.29 is 13.6 Å². The van der Waals surface area contributed by atoms with E-state index in [1.54, 1.807) is 4.68 Å². The number of hydrogen-bond acceptors (Lipinski definition) is 3. The van der Waals surface area contributed by atoms with Crippen LogP contribution in [-0.2, 0) is 12.8 Å². The highest BCUT2D eigenvalue weighted by molar-refractivity contribution is 5.94. The Labute approximate surface area is 157 Å². The van der Waals surface area contributed by atoms with Crippen molar-refractivity contribution in [2.24, 2.45) is 0 Å². The molecule has 4 rings (SSSR count). The lowest BCUT2D eigenvalue weighted by molar-refractivity contribution is 0.0684. The lowest BCUT2D eigenvalue weighted by Crippen LogP contribution is -2.42. The van der Waals surface area contributed by atoms with Crippen LogP contribution in [0.2, 0.25) is 0 Å². The molecule has 0 saturated carbocycles. The molecule has 1 N–H and O–H groups in total. The van der Waals surface area contributed by atoms with Crippen molar-refractivity contribution in [3.8, 4) is 5.69 Å². The SMILES string of the molecule is CCCN(C(=O)c1nn(-c2ccc(F)c(F)c2)c2c1CCC2)C1CCNC1. The molecule has 5 nitrogen and oxygen atoms in total. The van der Waals surface area contributed by atoms with Gasteiger partial charge >= 0.3 is 0 Å². The third-order valence-electron chi connectivity index (χ3n) is 5.48. The van der Waals surface area contributed by atoms with Crippen LogP contribution in [0.4, 0.5) is 8.78 Å². The van der Waals surface area contributed by atoms with Crippen molar-refractivity contribution in [1.82, 2.24) is 20.0 Å². The van der Waals surface area contributed by atoms with Gasteiger partial charge in [0.25, 0.3) is 5.91 Å². The quantitative estimate of drug-likeness (QED) is 0.876. The molecule has 1 atom stereocenters. The molecule has 1 fully saturated rings. The van der Waals surface area contributed by atoms with Crippen molar-refractivity contribution in [3.05, 3.63) is 46.8 Å². The summed E-state index contributed by atoms with van der Waals surface area (Å²) >= 11 is 0. The first-order chi connectivity index (χ1) is 13.1. The molecule has 1 unspecified atom stereocenters. The Kier molecular flexibility index (Phi) is 4.95. The summed E-state index contributed by atoms with van der Waals surface area (Å²) in [6.45, 7) is 4.47. The van der Waals surface area contributed by atoms with Crippen molar-refractivity contribution >= 4 is 5.91 Å². The number of rotatable bonds is 5. The molecule has 2 aromatic rings. The molecule has 27 heavy (non-hydrogen) atoms. The molecule has 0 spiro atoms. The lowest BCUT2D eigenvalue weighted by Gasteiger charge is -2.27. The Morgan fingerprint density at radius 3 is 2.89 bits per heavy atom. The van der Waals surface area contributed by atoms with Gasteiger partial charge in [0, 0.05) is 36.5 Å². The number of hydrogen-bond donors (Lipinski definition) is 1. The third-order valence-corrected chi connectivity index (χ3v) is 5.48. The molecule has 7 heteroatoms. The number of benzene rings is 1. The number of amides is 1. The standard InChI is InChI=1S/C20H24F2N4O/c1-2-10-25(14-8-9-23-12-14)20(27)19-15-4-3-5-18(15)26(24-19)13-6-7-16(21)17(22)11-13/h6-7,11,14,23H,2-5,8-10,12H2,1H3. The van der Waals surface area contributed by atoms with Gasteiger partial charge in [-0.3, -0.25) is 4.79 Å². The molecule has 2 aliphatic rings. The van der Waals surface area contributed by atoms with Crippen LogP contribution in [0.1, 0.15) is 47.9 Å². The van der Waals surface area contributed by atoms with Crippen LogP contribution in [0.3, 0.4) is 0 Å². The minimum Gasteiger partial charge on any atom is -0.333 e. The fraction of sp³-hybridized carbons (Fsp3) is 0.500. The summed E-state index contributed by atoms with van der Waals surface area (Å²) in [6, 6.07) is 3.92. The second-order valence-corrected chi connectivity index (χ2v) is 7.28. The van der Waals surface area contributed by atoms with E-state index in [1.165, 1.54) is 6.07 Å². The van der Waals surface area contributed by atoms with E-state index in [-0.39, 0.29) is 11.9 Å². The van der Waals surface area contributed by atoms with Gasteiger partial charge in [0.1, 0.15) is 0 Å². The first-order valence-corrected chi connectivity index (χ1v) is 9.68. The third kappa shape index (κ3) is 3.25. The summed E-state index contributed by atoms with van der Waals surface area (Å²) in [5, 5.41) is 7.88. The van der Waals surface area contributed by atoms with E-state index in [9.17, 15) is 13.6 Å². The molecule has 2 heterocycles. The predicted molar refractivity (Wildman–Crippen MR) is 98.1 cm³/mol. The van der Waals surface area contributed by atoms with Gasteiger partial charge in [0.2, 0.25) is 0 Å². The number of nitrogens with one attached hydrogen (secondary N) is 1. The molecule has 0 radical (unpaired) electrons. The van der Waals surface area contributed by atoms with Gasteiger partial charge in [-0.05, 0) is 50.8 Å². The van der Waals surface area contributed by atoms with Gasteiger partial charge in [-0.2, -0.15) is 5.10 Å². The van der Waals surface area contributed by atoms with Crippen molar-refractivity contribution in [2.45, 2.75) is 45.1 Å². The van der Waals surface area contributed by atoms with Crippen LogP contribution in [0.25, 0.3) is 5.69 Å². The maximum absolute atomic E-state index is 13.7. The van der Waals surface area contributed by atoms with Crippen LogP contribution < -0.4 is 5.32 Å². The number of carbonyl (C=O) groups excluding carboxylic acids is 1. The van der Waals surface area contributed by atoms with Crippen molar-refractivity contribution in [3.63, 3.8) is 0 Å². The van der Waals surface area contributed by atoms with Crippen LogP contribution in [0.5, 0.6) is 0 Å². The Balaban J connectivity index is 1.72. The monoisotopic (exact) mass is 374 g/mol. The maximum atomic E-state index is 13.7. The van der Waals surface area contributed by atoms with Gasteiger partial charge < -0.3 is 10.2 Å². The number of carbonyl (C=O) groups is 1. The number of halogens is 2. The molecule has 1 amide bonds. The Hall–Kier alpha value is -2.28. The fourth-order valence-electron chi connectivity index (χ4n) is 4.17. The lowest BCUT2D eigenvalue weighted by atomic mass is 10.1. The summed E-state index contributed by atoms with van der Waals surface area (Å²) < 4.78 is 28.7. The van der Waals surface area contributed by atoms with Gasteiger partial charge in [-0.1, -0.05) is 6.92 Å². The van der Waals surface area contributed by atoms with Gasteiger partial charge in [0.15, 0.2) is 17.3 Å². The van der Waals surface area contributed by atoms with Crippen molar-refractivity contribution in [1.29, 1.82) is 0 Å². The number of aromatic nitrogens is 2. The summed E-state index contributed by atoms with van der Waals surface area (Å²) in [5.41, 5.74) is 2.81. The van der Waals surface area contributed by atoms with Crippen LogP contribution in [0, 0.1) is 11.6 Å². The predicted octanol–water partition coefficient (Wildman–Crippen LogP) is 2.85. The summed E-state index contributed by atoms with van der Waals surface area (Å²) in [7, 11) is 0. The van der Waals surface area contributed by atoms with E-state index in [4.69, 9.17) is 0 Å². The summed E-state index contributed by atoms with van der Waals surface area (Å²) in [6.07, 6.45) is 4.35.